The lowest BCUT2D eigenvalue weighted by Gasteiger charge is -2.21. The van der Waals surface area contributed by atoms with Crippen molar-refractivity contribution in [1.82, 2.24) is 10.2 Å². The normalized spacial score (nSPS) is 20.6. The fourth-order valence-electron chi connectivity index (χ4n) is 2.61. The predicted molar refractivity (Wildman–Crippen MR) is 73.3 cm³/mol. The minimum atomic E-state index is 0.573. The molecule has 2 nitrogen and oxygen atoms in total. The number of nitrogens with zero attached hydrogens (tertiary/aromatic N) is 1. The van der Waals surface area contributed by atoms with Crippen LogP contribution < -0.4 is 5.32 Å². The van der Waals surface area contributed by atoms with Gasteiger partial charge in [-0.15, -0.1) is 0 Å². The molecule has 0 saturated carbocycles. The van der Waals surface area contributed by atoms with Crippen LogP contribution in [-0.4, -0.2) is 31.6 Å². The minimum absolute atomic E-state index is 0.573. The molecule has 2 atom stereocenters. The molecule has 2 heteroatoms. The third kappa shape index (κ3) is 3.30. The molecule has 0 radical (unpaired) electrons. The van der Waals surface area contributed by atoms with Crippen molar-refractivity contribution >= 4 is 0 Å². The number of rotatable bonds is 5. The molecular weight excluding hydrogens is 208 g/mol. The van der Waals surface area contributed by atoms with Crippen molar-refractivity contribution in [3.8, 4) is 0 Å². The SMILES string of the molecule is CC(CCN(C)C)NC1CCc2ccccc21. The predicted octanol–water partition coefficient (Wildman–Crippen LogP) is 2.60. The van der Waals surface area contributed by atoms with Crippen molar-refractivity contribution in [3.05, 3.63) is 35.4 Å². The number of hydrogen-bond acceptors (Lipinski definition) is 2. The molecule has 1 aromatic rings. The van der Waals surface area contributed by atoms with Crippen molar-refractivity contribution in [3.63, 3.8) is 0 Å². The average molecular weight is 232 g/mol. The Balaban J connectivity index is 1.88. The van der Waals surface area contributed by atoms with E-state index in [-0.39, 0.29) is 0 Å². The van der Waals surface area contributed by atoms with Gasteiger partial charge in [0.2, 0.25) is 0 Å². The molecule has 1 aliphatic carbocycles. The second-order valence-corrected chi connectivity index (χ2v) is 5.45. The van der Waals surface area contributed by atoms with Crippen LogP contribution in [-0.2, 0) is 6.42 Å². The molecule has 0 aliphatic heterocycles. The monoisotopic (exact) mass is 232 g/mol. The van der Waals surface area contributed by atoms with Crippen LogP contribution in [0.15, 0.2) is 24.3 Å². The Morgan fingerprint density at radius 2 is 2.12 bits per heavy atom. The van der Waals surface area contributed by atoms with Gasteiger partial charge in [0, 0.05) is 12.1 Å². The fourth-order valence-corrected chi connectivity index (χ4v) is 2.61. The minimum Gasteiger partial charge on any atom is -0.309 e. The molecule has 1 N–H and O–H groups in total. The van der Waals surface area contributed by atoms with Crippen molar-refractivity contribution in [1.29, 1.82) is 0 Å². The first kappa shape index (κ1) is 12.6. The lowest BCUT2D eigenvalue weighted by molar-refractivity contribution is 0.349. The Kier molecular flexibility index (Phi) is 4.19. The zero-order valence-electron chi connectivity index (χ0n) is 11.2. The Bertz CT molecular complexity index is 360. The second kappa shape index (κ2) is 5.65. The molecule has 2 unspecified atom stereocenters. The van der Waals surface area contributed by atoms with E-state index in [4.69, 9.17) is 0 Å². The third-order valence-corrected chi connectivity index (χ3v) is 3.63. The van der Waals surface area contributed by atoms with Gasteiger partial charge in [0.05, 0.1) is 0 Å². The molecule has 0 heterocycles. The van der Waals surface area contributed by atoms with Gasteiger partial charge in [-0.1, -0.05) is 24.3 Å². The van der Waals surface area contributed by atoms with Crippen molar-refractivity contribution in [2.24, 2.45) is 0 Å². The third-order valence-electron chi connectivity index (χ3n) is 3.63. The van der Waals surface area contributed by atoms with Crippen molar-refractivity contribution in [2.75, 3.05) is 20.6 Å². The molecular formula is C15H24N2. The number of hydrogen-bond donors (Lipinski definition) is 1. The Hall–Kier alpha value is -0.860. The zero-order chi connectivity index (χ0) is 12.3. The maximum Gasteiger partial charge on any atom is 0.0328 e. The van der Waals surface area contributed by atoms with E-state index in [1.807, 2.05) is 0 Å². The summed E-state index contributed by atoms with van der Waals surface area (Å²) in [6, 6.07) is 10.0. The number of benzene rings is 1. The maximum absolute atomic E-state index is 3.76. The molecule has 2 rings (SSSR count). The van der Waals surface area contributed by atoms with E-state index in [9.17, 15) is 0 Å². The Morgan fingerprint density at radius 3 is 2.88 bits per heavy atom. The first-order valence-electron chi connectivity index (χ1n) is 6.65. The molecule has 0 saturated heterocycles. The van der Waals surface area contributed by atoms with Crippen LogP contribution in [0.2, 0.25) is 0 Å². The van der Waals surface area contributed by atoms with E-state index < -0.39 is 0 Å². The topological polar surface area (TPSA) is 15.3 Å². The summed E-state index contributed by atoms with van der Waals surface area (Å²) in [6.07, 6.45) is 3.70. The zero-order valence-corrected chi connectivity index (χ0v) is 11.2. The van der Waals surface area contributed by atoms with Crippen LogP contribution in [0, 0.1) is 0 Å². The summed E-state index contributed by atoms with van der Waals surface area (Å²) < 4.78 is 0. The molecule has 0 aromatic heterocycles. The van der Waals surface area contributed by atoms with Gasteiger partial charge >= 0.3 is 0 Å². The Morgan fingerprint density at radius 1 is 1.35 bits per heavy atom. The highest BCUT2D eigenvalue weighted by atomic mass is 15.1. The first-order chi connectivity index (χ1) is 8.16. The van der Waals surface area contributed by atoms with Gasteiger partial charge in [-0.05, 0) is 58.0 Å². The van der Waals surface area contributed by atoms with Crippen LogP contribution in [0.25, 0.3) is 0 Å². The summed E-state index contributed by atoms with van der Waals surface area (Å²) in [4.78, 5) is 2.25. The second-order valence-electron chi connectivity index (χ2n) is 5.45. The van der Waals surface area contributed by atoms with Crippen molar-refractivity contribution < 1.29 is 0 Å². The van der Waals surface area contributed by atoms with Crippen molar-refractivity contribution in [2.45, 2.75) is 38.3 Å². The van der Waals surface area contributed by atoms with E-state index in [0.29, 0.717) is 12.1 Å². The molecule has 17 heavy (non-hydrogen) atoms. The summed E-state index contributed by atoms with van der Waals surface area (Å²) in [5.74, 6) is 0. The molecule has 1 aromatic carbocycles. The highest BCUT2D eigenvalue weighted by Gasteiger charge is 2.22. The smallest absolute Gasteiger partial charge is 0.0328 e. The maximum atomic E-state index is 3.76. The fraction of sp³-hybridized carbons (Fsp3) is 0.600. The van der Waals surface area contributed by atoms with Gasteiger partial charge < -0.3 is 10.2 Å². The molecule has 0 fully saturated rings. The highest BCUT2D eigenvalue weighted by Crippen LogP contribution is 2.31. The van der Waals surface area contributed by atoms with Crippen LogP contribution in [0.4, 0.5) is 0 Å². The van der Waals surface area contributed by atoms with Gasteiger partial charge in [0.1, 0.15) is 0 Å². The first-order valence-corrected chi connectivity index (χ1v) is 6.65. The van der Waals surface area contributed by atoms with E-state index in [1.165, 1.54) is 30.4 Å². The lowest BCUT2D eigenvalue weighted by atomic mass is 10.1. The summed E-state index contributed by atoms with van der Waals surface area (Å²) in [5.41, 5.74) is 3.05. The van der Waals surface area contributed by atoms with Crippen LogP contribution in [0.3, 0.4) is 0 Å². The number of nitrogens with one attached hydrogen (secondary N) is 1. The van der Waals surface area contributed by atoms with Gasteiger partial charge in [0.25, 0.3) is 0 Å². The molecule has 94 valence electrons. The average Bonchev–Trinajstić information content (AvgIpc) is 2.70. The molecule has 0 spiro atoms. The van der Waals surface area contributed by atoms with Gasteiger partial charge in [-0.25, -0.2) is 0 Å². The summed E-state index contributed by atoms with van der Waals surface area (Å²) in [6.45, 7) is 3.45. The van der Waals surface area contributed by atoms with Crippen LogP contribution in [0.1, 0.15) is 36.9 Å². The molecule has 1 aliphatic rings. The van der Waals surface area contributed by atoms with Gasteiger partial charge in [-0.3, -0.25) is 0 Å². The highest BCUT2D eigenvalue weighted by molar-refractivity contribution is 5.34. The number of aryl methyl sites for hydroxylation is 1. The Labute approximate surface area is 105 Å². The van der Waals surface area contributed by atoms with Crippen LogP contribution >= 0.6 is 0 Å². The standard InChI is InChI=1S/C15H24N2/c1-12(10-11-17(2)3)16-15-9-8-13-6-4-5-7-14(13)15/h4-7,12,15-16H,8-11H2,1-3H3. The molecule has 0 bridgehead atoms. The summed E-state index contributed by atoms with van der Waals surface area (Å²) in [5, 5.41) is 3.76. The van der Waals surface area contributed by atoms with Crippen LogP contribution in [0.5, 0.6) is 0 Å². The van der Waals surface area contributed by atoms with E-state index >= 15 is 0 Å². The number of fused-ring (bicyclic) bond motifs is 1. The van der Waals surface area contributed by atoms with E-state index in [1.54, 1.807) is 0 Å². The van der Waals surface area contributed by atoms with Gasteiger partial charge in [-0.2, -0.15) is 0 Å². The van der Waals surface area contributed by atoms with E-state index in [0.717, 1.165) is 6.54 Å². The molecule has 0 amide bonds. The summed E-state index contributed by atoms with van der Waals surface area (Å²) >= 11 is 0. The van der Waals surface area contributed by atoms with Gasteiger partial charge in [0.15, 0.2) is 0 Å². The van der Waals surface area contributed by atoms with E-state index in [2.05, 4.69) is 55.5 Å². The largest absolute Gasteiger partial charge is 0.309 e. The lowest BCUT2D eigenvalue weighted by Crippen LogP contribution is -2.32. The quantitative estimate of drug-likeness (QED) is 0.839. The summed E-state index contributed by atoms with van der Waals surface area (Å²) in [7, 11) is 4.27.